The van der Waals surface area contributed by atoms with Crippen LogP contribution in [-0.2, 0) is 6.42 Å². The van der Waals surface area contributed by atoms with Crippen molar-refractivity contribution in [1.29, 1.82) is 0 Å². The maximum Gasteiger partial charge on any atom is 0.145 e. The molecule has 1 aliphatic carbocycles. The maximum absolute atomic E-state index is 14.0. The fourth-order valence-electron chi connectivity index (χ4n) is 3.44. The summed E-state index contributed by atoms with van der Waals surface area (Å²) < 4.78 is 14.0. The van der Waals surface area contributed by atoms with Crippen molar-refractivity contribution in [2.45, 2.75) is 63.8 Å². The minimum absolute atomic E-state index is 0.198. The van der Waals surface area contributed by atoms with Crippen LogP contribution >= 0.6 is 11.6 Å². The minimum Gasteiger partial charge on any atom is -0.325 e. The van der Waals surface area contributed by atoms with Crippen LogP contribution < -0.4 is 5.73 Å². The van der Waals surface area contributed by atoms with Gasteiger partial charge in [0.05, 0.1) is 5.02 Å². The van der Waals surface area contributed by atoms with Gasteiger partial charge in [0.15, 0.2) is 0 Å². The van der Waals surface area contributed by atoms with Crippen LogP contribution in [0.5, 0.6) is 0 Å². The standard InChI is InChI=1S/C17H25ClFN/c1-2-5-13-6-4-10-17(20,11-9-13)12-14-7-3-8-15(18)16(14)19/h3,7-8,13H,2,4-6,9-12,20H2,1H3. The molecule has 0 amide bonds. The molecule has 1 aromatic carbocycles. The second-order valence-electron chi connectivity index (χ2n) is 6.34. The Morgan fingerprint density at radius 2 is 2.15 bits per heavy atom. The fourth-order valence-corrected chi connectivity index (χ4v) is 3.64. The van der Waals surface area contributed by atoms with Gasteiger partial charge in [-0.05, 0) is 43.2 Å². The molecule has 0 spiro atoms. The Balaban J connectivity index is 2.05. The van der Waals surface area contributed by atoms with Crippen LogP contribution in [0, 0.1) is 11.7 Å². The summed E-state index contributed by atoms with van der Waals surface area (Å²) >= 11 is 5.86. The molecule has 0 radical (unpaired) electrons. The van der Waals surface area contributed by atoms with E-state index in [1.165, 1.54) is 25.7 Å². The molecule has 1 nitrogen and oxygen atoms in total. The van der Waals surface area contributed by atoms with Crippen molar-refractivity contribution in [3.8, 4) is 0 Å². The van der Waals surface area contributed by atoms with E-state index in [4.69, 9.17) is 17.3 Å². The molecule has 112 valence electrons. The zero-order valence-electron chi connectivity index (χ0n) is 12.3. The predicted molar refractivity (Wildman–Crippen MR) is 83.5 cm³/mol. The molecule has 0 heterocycles. The molecule has 1 fully saturated rings. The lowest BCUT2D eigenvalue weighted by Gasteiger charge is -2.28. The maximum atomic E-state index is 14.0. The molecule has 20 heavy (non-hydrogen) atoms. The van der Waals surface area contributed by atoms with Crippen molar-refractivity contribution < 1.29 is 4.39 Å². The molecule has 1 aromatic rings. The highest BCUT2D eigenvalue weighted by molar-refractivity contribution is 6.30. The lowest BCUT2D eigenvalue weighted by molar-refractivity contribution is 0.351. The van der Waals surface area contributed by atoms with Crippen molar-refractivity contribution in [3.05, 3.63) is 34.6 Å². The average molecular weight is 298 g/mol. The first kappa shape index (κ1) is 15.8. The molecule has 2 N–H and O–H groups in total. The summed E-state index contributed by atoms with van der Waals surface area (Å²) in [5.74, 6) is 0.503. The third kappa shape index (κ3) is 3.95. The Labute approximate surface area is 126 Å². The van der Waals surface area contributed by atoms with Crippen LogP contribution in [0.25, 0.3) is 0 Å². The van der Waals surface area contributed by atoms with E-state index in [1.54, 1.807) is 12.1 Å². The van der Waals surface area contributed by atoms with Crippen LogP contribution in [0.2, 0.25) is 5.02 Å². The summed E-state index contributed by atoms with van der Waals surface area (Å²) in [5, 5.41) is 0.198. The van der Waals surface area contributed by atoms with Crippen molar-refractivity contribution in [2.24, 2.45) is 11.7 Å². The van der Waals surface area contributed by atoms with Crippen molar-refractivity contribution >= 4 is 11.6 Å². The fraction of sp³-hybridized carbons (Fsp3) is 0.647. The Kier molecular flexibility index (Phi) is 5.45. The normalized spacial score (nSPS) is 27.3. The van der Waals surface area contributed by atoms with Crippen LogP contribution in [-0.4, -0.2) is 5.54 Å². The molecule has 0 bridgehead atoms. The Morgan fingerprint density at radius 1 is 1.35 bits per heavy atom. The zero-order chi connectivity index (χ0) is 14.6. The third-order valence-electron chi connectivity index (χ3n) is 4.61. The minimum atomic E-state index is -0.298. The highest BCUT2D eigenvalue weighted by atomic mass is 35.5. The van der Waals surface area contributed by atoms with E-state index in [-0.39, 0.29) is 16.4 Å². The number of hydrogen-bond acceptors (Lipinski definition) is 1. The Bertz CT molecular complexity index is 449. The van der Waals surface area contributed by atoms with Gasteiger partial charge < -0.3 is 5.73 Å². The summed E-state index contributed by atoms with van der Waals surface area (Å²) in [7, 11) is 0. The van der Waals surface area contributed by atoms with E-state index < -0.39 is 0 Å². The second kappa shape index (κ2) is 6.91. The molecule has 0 saturated heterocycles. The van der Waals surface area contributed by atoms with Crippen LogP contribution in [0.4, 0.5) is 4.39 Å². The van der Waals surface area contributed by atoms with Crippen molar-refractivity contribution in [3.63, 3.8) is 0 Å². The van der Waals surface area contributed by atoms with Gasteiger partial charge in [0, 0.05) is 5.54 Å². The van der Waals surface area contributed by atoms with Crippen molar-refractivity contribution in [1.82, 2.24) is 0 Å². The molecule has 0 aliphatic heterocycles. The highest BCUT2D eigenvalue weighted by Gasteiger charge is 2.30. The molecular formula is C17H25ClFN. The van der Waals surface area contributed by atoms with E-state index in [0.717, 1.165) is 25.2 Å². The summed E-state index contributed by atoms with van der Waals surface area (Å²) in [6, 6.07) is 5.21. The van der Waals surface area contributed by atoms with Crippen LogP contribution in [0.15, 0.2) is 18.2 Å². The second-order valence-corrected chi connectivity index (χ2v) is 6.74. The topological polar surface area (TPSA) is 26.0 Å². The summed E-state index contributed by atoms with van der Waals surface area (Å²) in [5.41, 5.74) is 6.95. The van der Waals surface area contributed by atoms with E-state index in [2.05, 4.69) is 6.92 Å². The summed E-state index contributed by atoms with van der Waals surface area (Å²) in [6.45, 7) is 2.24. The first-order chi connectivity index (χ1) is 9.54. The molecule has 2 unspecified atom stereocenters. The smallest absolute Gasteiger partial charge is 0.145 e. The summed E-state index contributed by atoms with van der Waals surface area (Å²) in [6.07, 6.45) is 8.70. The lowest BCUT2D eigenvalue weighted by Crippen LogP contribution is -2.41. The van der Waals surface area contributed by atoms with Gasteiger partial charge in [-0.3, -0.25) is 0 Å². The third-order valence-corrected chi connectivity index (χ3v) is 4.90. The molecule has 0 aromatic heterocycles. The average Bonchev–Trinajstić information content (AvgIpc) is 2.59. The molecule has 2 atom stereocenters. The first-order valence-electron chi connectivity index (χ1n) is 7.76. The van der Waals surface area contributed by atoms with E-state index >= 15 is 0 Å². The number of nitrogens with two attached hydrogens (primary N) is 1. The van der Waals surface area contributed by atoms with Crippen LogP contribution in [0.1, 0.15) is 57.4 Å². The zero-order valence-corrected chi connectivity index (χ0v) is 13.1. The van der Waals surface area contributed by atoms with Gasteiger partial charge in [-0.25, -0.2) is 4.39 Å². The molecule has 3 heteroatoms. The SMILES string of the molecule is CCCC1CCCC(N)(Cc2cccc(Cl)c2F)CC1. The molecular weight excluding hydrogens is 273 g/mol. The summed E-state index contributed by atoms with van der Waals surface area (Å²) in [4.78, 5) is 0. The molecule has 1 saturated carbocycles. The number of rotatable bonds is 4. The van der Waals surface area contributed by atoms with Gasteiger partial charge in [0.25, 0.3) is 0 Å². The molecule has 1 aliphatic rings. The van der Waals surface area contributed by atoms with Gasteiger partial charge in [0.1, 0.15) is 5.82 Å². The number of benzene rings is 1. The lowest BCUT2D eigenvalue weighted by atomic mass is 9.84. The van der Waals surface area contributed by atoms with Gasteiger partial charge in [-0.15, -0.1) is 0 Å². The largest absolute Gasteiger partial charge is 0.325 e. The van der Waals surface area contributed by atoms with E-state index in [9.17, 15) is 4.39 Å². The van der Waals surface area contributed by atoms with Gasteiger partial charge >= 0.3 is 0 Å². The highest BCUT2D eigenvalue weighted by Crippen LogP contribution is 2.34. The van der Waals surface area contributed by atoms with E-state index in [0.29, 0.717) is 12.0 Å². The first-order valence-corrected chi connectivity index (χ1v) is 8.13. The van der Waals surface area contributed by atoms with Gasteiger partial charge in [0.2, 0.25) is 0 Å². The quantitative estimate of drug-likeness (QED) is 0.769. The van der Waals surface area contributed by atoms with Gasteiger partial charge in [-0.2, -0.15) is 0 Å². The Hall–Kier alpha value is -0.600. The Morgan fingerprint density at radius 3 is 2.90 bits per heavy atom. The van der Waals surface area contributed by atoms with Crippen LogP contribution in [0.3, 0.4) is 0 Å². The molecule has 2 rings (SSSR count). The number of halogens is 2. The van der Waals surface area contributed by atoms with Gasteiger partial charge in [-0.1, -0.05) is 56.3 Å². The number of hydrogen-bond donors (Lipinski definition) is 1. The predicted octanol–water partition coefficient (Wildman–Crippen LogP) is 5.10. The van der Waals surface area contributed by atoms with Crippen molar-refractivity contribution in [2.75, 3.05) is 0 Å². The monoisotopic (exact) mass is 297 g/mol. The van der Waals surface area contributed by atoms with E-state index in [1.807, 2.05) is 6.07 Å².